The molecule has 2 amide bonds. The standard InChI is InChI=1S/C29H24N2O3/c1-2-19-7-10-21(11-8-19)26(18-31-28(33)24-5-3-4-6-25(24)29(31)34)27(32)16-20-9-12-23-17-30-14-13-22(23)15-20/h3-15,17,26H,2,16,18H2,1H3. The van der Waals surface area contributed by atoms with Crippen molar-refractivity contribution in [1.82, 2.24) is 9.88 Å². The van der Waals surface area contributed by atoms with Gasteiger partial charge in [0.05, 0.1) is 17.0 Å². The highest BCUT2D eigenvalue weighted by molar-refractivity contribution is 6.21. The first-order chi connectivity index (χ1) is 16.5. The normalized spacial score (nSPS) is 13.9. The summed E-state index contributed by atoms with van der Waals surface area (Å²) in [7, 11) is 0. The Balaban J connectivity index is 1.46. The van der Waals surface area contributed by atoms with Gasteiger partial charge in [-0.25, -0.2) is 0 Å². The van der Waals surface area contributed by atoms with Gasteiger partial charge in [-0.05, 0) is 46.7 Å². The van der Waals surface area contributed by atoms with Crippen LogP contribution >= 0.6 is 0 Å². The smallest absolute Gasteiger partial charge is 0.261 e. The zero-order valence-electron chi connectivity index (χ0n) is 18.9. The van der Waals surface area contributed by atoms with E-state index in [0.29, 0.717) is 11.1 Å². The van der Waals surface area contributed by atoms with Crippen molar-refractivity contribution in [1.29, 1.82) is 0 Å². The van der Waals surface area contributed by atoms with Crippen LogP contribution in [0.3, 0.4) is 0 Å². The van der Waals surface area contributed by atoms with Crippen molar-refractivity contribution in [3.8, 4) is 0 Å². The van der Waals surface area contributed by atoms with Crippen LogP contribution in [0.15, 0.2) is 85.2 Å². The molecule has 0 aliphatic carbocycles. The molecule has 1 unspecified atom stereocenters. The minimum atomic E-state index is -0.610. The summed E-state index contributed by atoms with van der Waals surface area (Å²) in [6.45, 7) is 2.10. The molecular weight excluding hydrogens is 424 g/mol. The number of imide groups is 1. The molecule has 1 aliphatic heterocycles. The lowest BCUT2D eigenvalue weighted by Crippen LogP contribution is -2.36. The molecule has 0 spiro atoms. The van der Waals surface area contributed by atoms with Crippen molar-refractivity contribution >= 4 is 28.4 Å². The van der Waals surface area contributed by atoms with Crippen LogP contribution in [0.5, 0.6) is 0 Å². The monoisotopic (exact) mass is 448 g/mol. The maximum atomic E-state index is 13.6. The Labute approximate surface area is 198 Å². The highest BCUT2D eigenvalue weighted by atomic mass is 16.2. The molecule has 34 heavy (non-hydrogen) atoms. The fourth-order valence-electron chi connectivity index (χ4n) is 4.53. The molecule has 4 aromatic rings. The Morgan fingerprint density at radius 2 is 1.53 bits per heavy atom. The Hall–Kier alpha value is -4.12. The van der Waals surface area contributed by atoms with Crippen LogP contribution in [0.25, 0.3) is 10.8 Å². The summed E-state index contributed by atoms with van der Waals surface area (Å²) in [5, 5.41) is 2.03. The molecule has 1 atom stereocenters. The van der Waals surface area contributed by atoms with Gasteiger partial charge >= 0.3 is 0 Å². The molecule has 0 N–H and O–H groups in total. The number of amides is 2. The Kier molecular flexibility index (Phi) is 5.76. The molecule has 5 rings (SSSR count). The average Bonchev–Trinajstić information content (AvgIpc) is 3.12. The molecule has 168 valence electrons. The molecule has 0 saturated heterocycles. The van der Waals surface area contributed by atoms with E-state index < -0.39 is 5.92 Å². The summed E-state index contributed by atoms with van der Waals surface area (Å²) < 4.78 is 0. The second kappa shape index (κ2) is 9.02. The Bertz CT molecular complexity index is 1370. The highest BCUT2D eigenvalue weighted by Gasteiger charge is 2.38. The molecule has 5 heteroatoms. The SMILES string of the molecule is CCc1ccc(C(CN2C(=O)c3ccccc3C2=O)C(=O)Cc2ccc3cnccc3c2)cc1. The number of fused-ring (bicyclic) bond motifs is 2. The van der Waals surface area contributed by atoms with E-state index >= 15 is 0 Å². The number of rotatable bonds is 7. The van der Waals surface area contributed by atoms with Crippen molar-refractivity contribution < 1.29 is 14.4 Å². The fourth-order valence-corrected chi connectivity index (χ4v) is 4.53. The number of aromatic nitrogens is 1. The van der Waals surface area contributed by atoms with E-state index in [0.717, 1.165) is 28.3 Å². The van der Waals surface area contributed by atoms with Crippen molar-refractivity contribution in [3.05, 3.63) is 113 Å². The van der Waals surface area contributed by atoms with Crippen molar-refractivity contribution in [2.24, 2.45) is 0 Å². The maximum absolute atomic E-state index is 13.6. The molecule has 1 aromatic heterocycles. The molecule has 0 fully saturated rings. The minimum Gasteiger partial charge on any atom is -0.299 e. The van der Waals surface area contributed by atoms with Crippen LogP contribution in [0.4, 0.5) is 0 Å². The molecule has 3 aromatic carbocycles. The van der Waals surface area contributed by atoms with Gasteiger partial charge in [0, 0.05) is 30.7 Å². The first-order valence-corrected chi connectivity index (χ1v) is 11.4. The first kappa shape index (κ1) is 21.7. The summed E-state index contributed by atoms with van der Waals surface area (Å²) >= 11 is 0. The van der Waals surface area contributed by atoms with Gasteiger partial charge in [-0.1, -0.05) is 61.5 Å². The third-order valence-electron chi connectivity index (χ3n) is 6.51. The van der Waals surface area contributed by atoms with E-state index in [1.54, 1.807) is 36.7 Å². The number of carbonyl (C=O) groups excluding carboxylic acids is 3. The van der Waals surface area contributed by atoms with Crippen LogP contribution in [-0.4, -0.2) is 34.0 Å². The van der Waals surface area contributed by atoms with Gasteiger partial charge in [0.15, 0.2) is 0 Å². The molecule has 5 nitrogen and oxygen atoms in total. The number of ketones is 1. The fraction of sp³-hybridized carbons (Fsp3) is 0.172. The third kappa shape index (κ3) is 4.01. The topological polar surface area (TPSA) is 67.3 Å². The lowest BCUT2D eigenvalue weighted by atomic mass is 9.89. The second-order valence-corrected chi connectivity index (χ2v) is 8.61. The van der Waals surface area contributed by atoms with Crippen molar-refractivity contribution in [2.75, 3.05) is 6.54 Å². The number of pyridine rings is 1. The highest BCUT2D eigenvalue weighted by Crippen LogP contribution is 2.28. The lowest BCUT2D eigenvalue weighted by molar-refractivity contribution is -0.120. The molecule has 2 heterocycles. The van der Waals surface area contributed by atoms with Gasteiger partial charge in [0.2, 0.25) is 0 Å². The number of aryl methyl sites for hydroxylation is 1. The Morgan fingerprint density at radius 3 is 2.21 bits per heavy atom. The van der Waals surface area contributed by atoms with E-state index in [9.17, 15) is 14.4 Å². The number of Topliss-reactive ketones (excluding diaryl/α,β-unsaturated/α-hetero) is 1. The zero-order chi connectivity index (χ0) is 23.7. The summed E-state index contributed by atoms with van der Waals surface area (Å²) in [5.74, 6) is -1.33. The second-order valence-electron chi connectivity index (χ2n) is 8.61. The van der Waals surface area contributed by atoms with Crippen molar-refractivity contribution in [2.45, 2.75) is 25.7 Å². The third-order valence-corrected chi connectivity index (χ3v) is 6.51. The van der Waals surface area contributed by atoms with Gasteiger partial charge in [0.1, 0.15) is 5.78 Å². The van der Waals surface area contributed by atoms with Gasteiger partial charge in [0.25, 0.3) is 11.8 Å². The van der Waals surface area contributed by atoms with E-state index in [1.807, 2.05) is 48.5 Å². The summed E-state index contributed by atoms with van der Waals surface area (Å²) in [4.78, 5) is 44.9. The minimum absolute atomic E-state index is 0.0220. The molecule has 0 radical (unpaired) electrons. The van der Waals surface area contributed by atoms with Gasteiger partial charge in [-0.3, -0.25) is 24.3 Å². The van der Waals surface area contributed by atoms with Gasteiger partial charge < -0.3 is 0 Å². The number of benzene rings is 3. The zero-order valence-corrected chi connectivity index (χ0v) is 18.9. The lowest BCUT2D eigenvalue weighted by Gasteiger charge is -2.22. The van der Waals surface area contributed by atoms with Crippen LogP contribution in [-0.2, 0) is 17.6 Å². The van der Waals surface area contributed by atoms with Crippen LogP contribution in [0.2, 0.25) is 0 Å². The van der Waals surface area contributed by atoms with E-state index in [2.05, 4.69) is 11.9 Å². The molecule has 1 aliphatic rings. The molecule has 0 saturated carbocycles. The summed E-state index contributed by atoms with van der Waals surface area (Å²) in [5.41, 5.74) is 3.65. The average molecular weight is 449 g/mol. The molecular formula is C29H24N2O3. The maximum Gasteiger partial charge on any atom is 0.261 e. The van der Waals surface area contributed by atoms with E-state index in [1.165, 1.54) is 10.5 Å². The Morgan fingerprint density at radius 1 is 0.853 bits per heavy atom. The summed E-state index contributed by atoms with van der Waals surface area (Å²) in [6.07, 6.45) is 4.63. The molecule has 0 bridgehead atoms. The predicted octanol–water partition coefficient (Wildman–Crippen LogP) is 4.99. The van der Waals surface area contributed by atoms with Crippen LogP contribution in [0.1, 0.15) is 50.2 Å². The van der Waals surface area contributed by atoms with Crippen LogP contribution in [0, 0.1) is 0 Å². The van der Waals surface area contributed by atoms with E-state index in [-0.39, 0.29) is 30.6 Å². The first-order valence-electron chi connectivity index (χ1n) is 11.4. The number of nitrogens with zero attached hydrogens (tertiary/aromatic N) is 2. The van der Waals surface area contributed by atoms with E-state index in [4.69, 9.17) is 0 Å². The number of carbonyl (C=O) groups is 3. The van der Waals surface area contributed by atoms with Gasteiger partial charge in [-0.2, -0.15) is 0 Å². The number of hydrogen-bond donors (Lipinski definition) is 0. The van der Waals surface area contributed by atoms with Crippen molar-refractivity contribution in [3.63, 3.8) is 0 Å². The number of hydrogen-bond acceptors (Lipinski definition) is 4. The quantitative estimate of drug-likeness (QED) is 0.374. The summed E-state index contributed by atoms with van der Waals surface area (Å²) in [6, 6.07) is 22.5. The predicted molar refractivity (Wildman–Crippen MR) is 131 cm³/mol. The van der Waals surface area contributed by atoms with Gasteiger partial charge in [-0.15, -0.1) is 0 Å². The van der Waals surface area contributed by atoms with Crippen LogP contribution < -0.4 is 0 Å². The largest absolute Gasteiger partial charge is 0.299 e.